The van der Waals surface area contributed by atoms with Crippen molar-refractivity contribution >= 4 is 22.5 Å². The lowest BCUT2D eigenvalue weighted by Crippen LogP contribution is -2.25. The molecule has 3 nitrogen and oxygen atoms in total. The van der Waals surface area contributed by atoms with Gasteiger partial charge in [-0.15, -0.1) is 0 Å². The number of carbonyl (C=O) groups is 1. The minimum atomic E-state index is 0.0578. The highest BCUT2D eigenvalue weighted by atomic mass is 16.2. The molecule has 1 aliphatic rings. The second kappa shape index (κ2) is 4.17. The van der Waals surface area contributed by atoms with Gasteiger partial charge in [0.05, 0.1) is 23.3 Å². The van der Waals surface area contributed by atoms with Gasteiger partial charge in [0, 0.05) is 11.6 Å². The Kier molecular flexibility index (Phi) is 2.33. The summed E-state index contributed by atoms with van der Waals surface area (Å²) in [4.78, 5) is 18.7. The fourth-order valence-corrected chi connectivity index (χ4v) is 2.77. The lowest BCUT2D eigenvalue weighted by atomic mass is 10.1. The zero-order valence-corrected chi connectivity index (χ0v) is 10.8. The highest BCUT2D eigenvalue weighted by molar-refractivity contribution is 6.24. The molecule has 96 valence electrons. The average Bonchev–Trinajstić information content (AvgIpc) is 2.77. The topological polar surface area (TPSA) is 33.2 Å². The van der Waals surface area contributed by atoms with Crippen LogP contribution in [0.15, 0.2) is 60.8 Å². The van der Waals surface area contributed by atoms with Gasteiger partial charge in [-0.3, -0.25) is 9.78 Å². The van der Waals surface area contributed by atoms with Gasteiger partial charge in [0.25, 0.3) is 5.91 Å². The molecule has 1 aliphatic heterocycles. The summed E-state index contributed by atoms with van der Waals surface area (Å²) in [5, 5.41) is 0.968. The van der Waals surface area contributed by atoms with E-state index in [9.17, 15) is 4.79 Å². The monoisotopic (exact) mass is 260 g/mol. The SMILES string of the molecule is O=C1c2ccnc3cccc(c23)N1Cc1ccccc1. The van der Waals surface area contributed by atoms with Crippen molar-refractivity contribution < 1.29 is 4.79 Å². The average molecular weight is 260 g/mol. The van der Waals surface area contributed by atoms with Gasteiger partial charge < -0.3 is 4.90 Å². The summed E-state index contributed by atoms with van der Waals surface area (Å²) >= 11 is 0. The first kappa shape index (κ1) is 11.2. The quantitative estimate of drug-likeness (QED) is 0.707. The predicted molar refractivity (Wildman–Crippen MR) is 78.7 cm³/mol. The van der Waals surface area contributed by atoms with E-state index in [-0.39, 0.29) is 5.91 Å². The van der Waals surface area contributed by atoms with Crippen LogP contribution in [0.2, 0.25) is 0 Å². The first-order valence-electron chi connectivity index (χ1n) is 6.58. The summed E-state index contributed by atoms with van der Waals surface area (Å²) in [7, 11) is 0. The molecule has 1 amide bonds. The lowest BCUT2D eigenvalue weighted by molar-refractivity contribution is 0.0991. The number of benzene rings is 2. The van der Waals surface area contributed by atoms with E-state index in [1.807, 2.05) is 53.4 Å². The molecule has 2 aromatic carbocycles. The summed E-state index contributed by atoms with van der Waals surface area (Å²) in [5.74, 6) is 0.0578. The van der Waals surface area contributed by atoms with E-state index in [2.05, 4.69) is 4.98 Å². The van der Waals surface area contributed by atoms with Crippen molar-refractivity contribution in [2.24, 2.45) is 0 Å². The molecule has 2 heterocycles. The van der Waals surface area contributed by atoms with Gasteiger partial charge in [-0.05, 0) is 23.8 Å². The summed E-state index contributed by atoms with van der Waals surface area (Å²) in [6.45, 7) is 0.591. The van der Waals surface area contributed by atoms with Crippen molar-refractivity contribution in [2.45, 2.75) is 6.54 Å². The first-order valence-corrected chi connectivity index (χ1v) is 6.58. The Morgan fingerprint density at radius 3 is 2.65 bits per heavy atom. The van der Waals surface area contributed by atoms with Crippen LogP contribution in [0.4, 0.5) is 5.69 Å². The Morgan fingerprint density at radius 2 is 1.80 bits per heavy atom. The maximum atomic E-state index is 12.6. The maximum Gasteiger partial charge on any atom is 0.259 e. The second-order valence-corrected chi connectivity index (χ2v) is 4.91. The van der Waals surface area contributed by atoms with Gasteiger partial charge in [-0.2, -0.15) is 0 Å². The predicted octanol–water partition coefficient (Wildman–Crippen LogP) is 3.40. The highest BCUT2D eigenvalue weighted by Gasteiger charge is 2.29. The molecule has 0 atom stereocenters. The maximum absolute atomic E-state index is 12.6. The molecule has 0 unspecified atom stereocenters. The largest absolute Gasteiger partial charge is 0.303 e. The number of amides is 1. The highest BCUT2D eigenvalue weighted by Crippen LogP contribution is 2.36. The van der Waals surface area contributed by atoms with Crippen LogP contribution in [-0.4, -0.2) is 10.9 Å². The van der Waals surface area contributed by atoms with Crippen molar-refractivity contribution in [2.75, 3.05) is 4.90 Å². The Hall–Kier alpha value is -2.68. The molecule has 0 saturated heterocycles. The molecule has 4 rings (SSSR count). The Labute approximate surface area is 116 Å². The number of rotatable bonds is 2. The van der Waals surface area contributed by atoms with Gasteiger partial charge in [0.1, 0.15) is 0 Å². The molecular weight excluding hydrogens is 248 g/mol. The van der Waals surface area contributed by atoms with Crippen LogP contribution < -0.4 is 4.90 Å². The van der Waals surface area contributed by atoms with E-state index in [1.165, 1.54) is 0 Å². The van der Waals surface area contributed by atoms with Gasteiger partial charge in [-0.1, -0.05) is 36.4 Å². The third-order valence-electron chi connectivity index (χ3n) is 3.69. The number of pyridine rings is 1. The van der Waals surface area contributed by atoms with Crippen LogP contribution >= 0.6 is 0 Å². The molecule has 0 saturated carbocycles. The minimum Gasteiger partial charge on any atom is -0.303 e. The molecule has 0 radical (unpaired) electrons. The van der Waals surface area contributed by atoms with E-state index in [0.717, 1.165) is 27.7 Å². The van der Waals surface area contributed by atoms with Gasteiger partial charge >= 0.3 is 0 Å². The molecule has 0 aliphatic carbocycles. The molecule has 0 spiro atoms. The smallest absolute Gasteiger partial charge is 0.259 e. The van der Waals surface area contributed by atoms with Crippen LogP contribution in [0.1, 0.15) is 15.9 Å². The standard InChI is InChI=1S/C17H12N2O/c20-17-13-9-10-18-14-7-4-8-15(16(13)14)19(17)11-12-5-2-1-3-6-12/h1-10H,11H2. The van der Waals surface area contributed by atoms with Crippen LogP contribution in [0.5, 0.6) is 0 Å². The summed E-state index contributed by atoms with van der Waals surface area (Å²) < 4.78 is 0. The van der Waals surface area contributed by atoms with Gasteiger partial charge in [0.15, 0.2) is 0 Å². The Bertz CT molecular complexity index is 806. The van der Waals surface area contributed by atoms with E-state index < -0.39 is 0 Å². The number of anilines is 1. The minimum absolute atomic E-state index is 0.0578. The van der Waals surface area contributed by atoms with E-state index in [0.29, 0.717) is 6.54 Å². The van der Waals surface area contributed by atoms with Crippen LogP contribution in [-0.2, 0) is 6.54 Å². The second-order valence-electron chi connectivity index (χ2n) is 4.91. The van der Waals surface area contributed by atoms with E-state index >= 15 is 0 Å². The third-order valence-corrected chi connectivity index (χ3v) is 3.69. The number of hydrogen-bond acceptors (Lipinski definition) is 2. The molecular formula is C17H12N2O. The van der Waals surface area contributed by atoms with Gasteiger partial charge in [0.2, 0.25) is 0 Å². The number of nitrogens with zero attached hydrogens (tertiary/aromatic N) is 2. The fraction of sp³-hybridized carbons (Fsp3) is 0.0588. The molecule has 0 bridgehead atoms. The molecule has 20 heavy (non-hydrogen) atoms. The van der Waals surface area contributed by atoms with Crippen molar-refractivity contribution in [3.8, 4) is 0 Å². The Morgan fingerprint density at radius 1 is 0.950 bits per heavy atom. The summed E-state index contributed by atoms with van der Waals surface area (Å²) in [6.07, 6.45) is 1.70. The van der Waals surface area contributed by atoms with Crippen LogP contribution in [0.25, 0.3) is 10.9 Å². The molecule has 0 N–H and O–H groups in total. The Balaban J connectivity index is 1.85. The van der Waals surface area contributed by atoms with E-state index in [4.69, 9.17) is 0 Å². The lowest BCUT2D eigenvalue weighted by Gasteiger charge is -2.17. The molecule has 3 heteroatoms. The van der Waals surface area contributed by atoms with Crippen molar-refractivity contribution in [1.82, 2.24) is 4.98 Å². The zero-order chi connectivity index (χ0) is 13.5. The number of hydrogen-bond donors (Lipinski definition) is 0. The third kappa shape index (κ3) is 1.53. The van der Waals surface area contributed by atoms with E-state index in [1.54, 1.807) is 12.3 Å². The fourth-order valence-electron chi connectivity index (χ4n) is 2.77. The van der Waals surface area contributed by atoms with Crippen LogP contribution in [0.3, 0.4) is 0 Å². The summed E-state index contributed by atoms with van der Waals surface area (Å²) in [5.41, 5.74) is 3.71. The normalized spacial score (nSPS) is 13.2. The zero-order valence-electron chi connectivity index (χ0n) is 10.8. The number of aromatic nitrogens is 1. The molecule has 3 aromatic rings. The summed E-state index contributed by atoms with van der Waals surface area (Å²) in [6, 6.07) is 17.7. The van der Waals surface area contributed by atoms with Crippen molar-refractivity contribution in [1.29, 1.82) is 0 Å². The van der Waals surface area contributed by atoms with Crippen molar-refractivity contribution in [3.63, 3.8) is 0 Å². The molecule has 0 fully saturated rings. The van der Waals surface area contributed by atoms with Crippen LogP contribution in [0, 0.1) is 0 Å². The number of carbonyl (C=O) groups excluding carboxylic acids is 1. The molecule has 1 aromatic heterocycles. The van der Waals surface area contributed by atoms with Crippen molar-refractivity contribution in [3.05, 3.63) is 71.9 Å². The first-order chi connectivity index (χ1) is 9.84. The van der Waals surface area contributed by atoms with Gasteiger partial charge in [-0.25, -0.2) is 0 Å².